The molecule has 140 valence electrons. The van der Waals surface area contributed by atoms with E-state index in [9.17, 15) is 39.9 Å². The normalized spacial score (nSPS) is 15.4. The number of hydrogen-bond acceptors (Lipinski definition) is 3. The molecule has 11 heteroatoms. The predicted molar refractivity (Wildman–Crippen MR) is 67.5 cm³/mol. The van der Waals surface area contributed by atoms with Crippen molar-refractivity contribution in [3.8, 4) is 0 Å². The van der Waals surface area contributed by atoms with E-state index in [2.05, 4.69) is 11.3 Å². The van der Waals surface area contributed by atoms with Gasteiger partial charge in [0, 0.05) is 0 Å². The van der Waals surface area contributed by atoms with Crippen LogP contribution in [-0.2, 0) is 9.53 Å². The summed E-state index contributed by atoms with van der Waals surface area (Å²) in [6, 6.07) is 5.02. The Morgan fingerprint density at radius 3 is 1.88 bits per heavy atom. The van der Waals surface area contributed by atoms with E-state index in [1.165, 1.54) is 6.07 Å². The van der Waals surface area contributed by atoms with Gasteiger partial charge in [0.15, 0.2) is 6.10 Å². The van der Waals surface area contributed by atoms with Crippen molar-refractivity contribution in [2.75, 3.05) is 0 Å². The Balaban J connectivity index is 3.28. The van der Waals surface area contributed by atoms with Crippen LogP contribution >= 0.6 is 0 Å². The number of carbonyl (C=O) groups is 1. The summed E-state index contributed by atoms with van der Waals surface area (Å²) in [5, 5.41) is 8.85. The lowest BCUT2D eigenvalue weighted by atomic mass is 9.98. The zero-order chi connectivity index (χ0) is 19.6. The third kappa shape index (κ3) is 4.91. The predicted octanol–water partition coefficient (Wildman–Crippen LogP) is 3.95. The molecule has 1 aromatic carbocycles. The van der Waals surface area contributed by atoms with E-state index in [1.807, 2.05) is 0 Å². The van der Waals surface area contributed by atoms with Gasteiger partial charge in [0.25, 0.3) is 0 Å². The molecule has 0 fully saturated rings. The van der Waals surface area contributed by atoms with E-state index in [0.717, 1.165) is 24.3 Å². The first-order valence-corrected chi connectivity index (χ1v) is 6.33. The van der Waals surface area contributed by atoms with Crippen LogP contribution < -0.4 is 0 Å². The quantitative estimate of drug-likeness (QED) is 0.480. The number of benzene rings is 1. The minimum atomic E-state index is -5.82. The smallest absolute Gasteiger partial charge is 0.422 e. The Kier molecular flexibility index (Phi) is 5.83. The highest BCUT2D eigenvalue weighted by Crippen LogP contribution is 2.43. The zero-order valence-corrected chi connectivity index (χ0v) is 12.0. The minimum Gasteiger partial charge on any atom is -0.447 e. The van der Waals surface area contributed by atoms with Crippen molar-refractivity contribution in [1.82, 2.24) is 0 Å². The molecule has 25 heavy (non-hydrogen) atoms. The van der Waals surface area contributed by atoms with E-state index in [-0.39, 0.29) is 0 Å². The highest BCUT2D eigenvalue weighted by atomic mass is 19.4. The summed E-state index contributed by atoms with van der Waals surface area (Å²) in [5.41, 5.74) is -2.94. The lowest BCUT2D eigenvalue weighted by Crippen LogP contribution is -2.49. The maximum atomic E-state index is 14.0. The summed E-state index contributed by atoms with van der Waals surface area (Å²) in [4.78, 5) is 11.4. The van der Waals surface area contributed by atoms with E-state index in [1.54, 1.807) is 0 Å². The second kappa shape index (κ2) is 6.98. The molecule has 0 aliphatic carbocycles. The molecule has 3 nitrogen and oxygen atoms in total. The van der Waals surface area contributed by atoms with Crippen LogP contribution in [0.25, 0.3) is 0 Å². The highest BCUT2D eigenvalue weighted by Gasteiger charge is 2.61. The van der Waals surface area contributed by atoms with Crippen molar-refractivity contribution >= 4 is 5.97 Å². The number of rotatable bonds is 5. The fourth-order valence-corrected chi connectivity index (χ4v) is 1.65. The van der Waals surface area contributed by atoms with E-state index in [0.29, 0.717) is 0 Å². The molecule has 0 saturated carbocycles. The Morgan fingerprint density at radius 1 is 1.00 bits per heavy atom. The van der Waals surface area contributed by atoms with E-state index < -0.39 is 47.6 Å². The highest BCUT2D eigenvalue weighted by molar-refractivity contribution is 5.89. The molecule has 1 aromatic rings. The number of halogens is 8. The number of aliphatic hydroxyl groups excluding tert-OH is 1. The van der Waals surface area contributed by atoms with Crippen LogP contribution in [0.2, 0.25) is 0 Å². The van der Waals surface area contributed by atoms with Crippen molar-refractivity contribution in [3.05, 3.63) is 48.0 Å². The van der Waals surface area contributed by atoms with Crippen LogP contribution in [0.15, 0.2) is 42.5 Å². The Hall–Kier alpha value is -2.17. The maximum Gasteiger partial charge on any atom is 0.422 e. The molecule has 0 aliphatic rings. The molecule has 0 bridgehead atoms. The topological polar surface area (TPSA) is 46.5 Å². The second-order valence-electron chi connectivity index (χ2n) is 4.79. The van der Waals surface area contributed by atoms with Crippen LogP contribution in [0, 0.1) is 0 Å². The van der Waals surface area contributed by atoms with Gasteiger partial charge in [-0.3, -0.25) is 0 Å². The molecular formula is C14H10F8O3. The van der Waals surface area contributed by atoms with E-state index >= 15 is 0 Å². The zero-order valence-electron chi connectivity index (χ0n) is 12.0. The summed E-state index contributed by atoms with van der Waals surface area (Å²) in [5.74, 6) is -7.56. The van der Waals surface area contributed by atoms with Crippen LogP contribution in [0.1, 0.15) is 11.7 Å². The largest absolute Gasteiger partial charge is 0.447 e. The third-order valence-corrected chi connectivity index (χ3v) is 2.94. The molecule has 0 spiro atoms. The van der Waals surface area contributed by atoms with Crippen LogP contribution in [0.3, 0.4) is 0 Å². The molecule has 0 saturated heterocycles. The average Bonchev–Trinajstić information content (AvgIpc) is 2.49. The SMILES string of the molecule is C=C(C(=O)OC(c1ccccc1)C(F)(F)C(O)C(F)(F)F)C(F)(F)F. The van der Waals surface area contributed by atoms with Crippen molar-refractivity contribution in [3.63, 3.8) is 0 Å². The van der Waals surface area contributed by atoms with E-state index in [4.69, 9.17) is 5.11 Å². The molecule has 1 N–H and O–H groups in total. The summed E-state index contributed by atoms with van der Waals surface area (Å²) in [6.45, 7) is 2.32. The summed E-state index contributed by atoms with van der Waals surface area (Å²) >= 11 is 0. The van der Waals surface area contributed by atoms with Gasteiger partial charge in [-0.2, -0.15) is 35.1 Å². The lowest BCUT2D eigenvalue weighted by Gasteiger charge is -2.31. The van der Waals surface area contributed by atoms with Gasteiger partial charge < -0.3 is 9.84 Å². The number of ether oxygens (including phenoxy) is 1. The van der Waals surface area contributed by atoms with Gasteiger partial charge in [-0.25, -0.2) is 4.79 Å². The molecule has 2 unspecified atom stereocenters. The van der Waals surface area contributed by atoms with Crippen LogP contribution in [-0.4, -0.2) is 35.5 Å². The molecular weight excluding hydrogens is 368 g/mol. The standard InChI is InChI=1S/C14H10F8O3/c1-7(13(17,18)19)10(23)25-9(8-5-3-2-4-6-8)12(15,16)11(24)14(20,21)22/h2-6,9,11,24H,1H2. The molecule has 0 heterocycles. The number of carbonyl (C=O) groups excluding carboxylic acids is 1. The second-order valence-corrected chi connectivity index (χ2v) is 4.79. The van der Waals surface area contributed by atoms with Crippen molar-refractivity contribution < 1.29 is 49.8 Å². The first-order valence-electron chi connectivity index (χ1n) is 6.33. The van der Waals surface area contributed by atoms with Crippen molar-refractivity contribution in [2.45, 2.75) is 30.5 Å². The van der Waals surface area contributed by atoms with Crippen molar-refractivity contribution in [1.29, 1.82) is 0 Å². The van der Waals surface area contributed by atoms with Gasteiger partial charge in [-0.15, -0.1) is 0 Å². The van der Waals surface area contributed by atoms with Gasteiger partial charge >= 0.3 is 24.2 Å². The summed E-state index contributed by atoms with van der Waals surface area (Å²) < 4.78 is 106. The van der Waals surface area contributed by atoms with Gasteiger partial charge in [0.2, 0.25) is 6.10 Å². The van der Waals surface area contributed by atoms with Gasteiger partial charge in [0.05, 0.1) is 0 Å². The first-order chi connectivity index (χ1) is 11.2. The number of hydrogen-bond donors (Lipinski definition) is 1. The third-order valence-electron chi connectivity index (χ3n) is 2.94. The molecule has 0 aliphatic heterocycles. The Morgan fingerprint density at radius 2 is 1.48 bits per heavy atom. The van der Waals surface area contributed by atoms with Gasteiger partial charge in [-0.1, -0.05) is 36.9 Å². The number of aliphatic hydroxyl groups is 1. The van der Waals surface area contributed by atoms with Crippen LogP contribution in [0.4, 0.5) is 35.1 Å². The number of esters is 1. The van der Waals surface area contributed by atoms with Gasteiger partial charge in [-0.05, 0) is 5.56 Å². The Labute approximate surface area is 135 Å². The van der Waals surface area contributed by atoms with Gasteiger partial charge in [0.1, 0.15) is 5.57 Å². The lowest BCUT2D eigenvalue weighted by molar-refractivity contribution is -0.294. The van der Waals surface area contributed by atoms with Crippen LogP contribution in [0.5, 0.6) is 0 Å². The average molecular weight is 378 g/mol. The molecule has 1 rings (SSSR count). The molecule has 0 amide bonds. The molecule has 0 aromatic heterocycles. The Bertz CT molecular complexity index is 621. The summed E-state index contributed by atoms with van der Waals surface area (Å²) in [6.07, 6.45) is -18.6. The molecule has 0 radical (unpaired) electrons. The monoisotopic (exact) mass is 378 g/mol. The first kappa shape index (κ1) is 20.9. The minimum absolute atomic E-state index is 0.751. The molecule has 2 atom stereocenters. The maximum absolute atomic E-state index is 14.0. The number of alkyl halides is 8. The fraction of sp³-hybridized carbons (Fsp3) is 0.357. The summed E-state index contributed by atoms with van der Waals surface area (Å²) in [7, 11) is 0. The fourth-order valence-electron chi connectivity index (χ4n) is 1.65. The van der Waals surface area contributed by atoms with Crippen molar-refractivity contribution in [2.24, 2.45) is 0 Å².